The number of nitro benzene ring substituents is 1. The molecule has 0 saturated carbocycles. The van der Waals surface area contributed by atoms with Gasteiger partial charge in [-0.05, 0) is 60.1 Å². The molecule has 0 aliphatic rings. The zero-order valence-electron chi connectivity index (χ0n) is 16.9. The second kappa shape index (κ2) is 10.1. The molecule has 0 saturated heterocycles. The third-order valence-electron chi connectivity index (χ3n) is 4.85. The van der Waals surface area contributed by atoms with Crippen molar-refractivity contribution in [3.8, 4) is 5.75 Å². The van der Waals surface area contributed by atoms with Crippen molar-refractivity contribution < 1.29 is 19.2 Å². The lowest BCUT2D eigenvalue weighted by atomic mass is 9.93. The van der Waals surface area contributed by atoms with Crippen LogP contribution in [0.2, 0.25) is 0 Å². The molecule has 7 heteroatoms. The highest BCUT2D eigenvalue weighted by atomic mass is 32.1. The van der Waals surface area contributed by atoms with Gasteiger partial charge in [-0.1, -0.05) is 19.1 Å². The zero-order valence-corrected chi connectivity index (χ0v) is 17.7. The molecule has 1 aromatic heterocycles. The van der Waals surface area contributed by atoms with E-state index in [0.29, 0.717) is 5.92 Å². The zero-order chi connectivity index (χ0) is 21.5. The van der Waals surface area contributed by atoms with Crippen LogP contribution in [0.15, 0.2) is 54.6 Å². The van der Waals surface area contributed by atoms with Crippen molar-refractivity contribution in [2.24, 2.45) is 0 Å². The maximum Gasteiger partial charge on any atom is 0.336 e. The number of rotatable bonds is 9. The summed E-state index contributed by atoms with van der Waals surface area (Å²) >= 11 is 1.62. The van der Waals surface area contributed by atoms with Gasteiger partial charge in [0.2, 0.25) is 0 Å². The van der Waals surface area contributed by atoms with Crippen LogP contribution in [0.3, 0.4) is 0 Å². The third-order valence-corrected chi connectivity index (χ3v) is 5.91. The number of non-ortho nitro benzene ring substituents is 1. The average Bonchev–Trinajstić information content (AvgIpc) is 3.15. The fourth-order valence-electron chi connectivity index (χ4n) is 3.21. The summed E-state index contributed by atoms with van der Waals surface area (Å²) in [6.07, 6.45) is 5.13. The molecule has 1 heterocycles. The Labute approximate surface area is 178 Å². The Bertz CT molecular complexity index is 1060. The second-order valence-electron chi connectivity index (χ2n) is 6.84. The quantitative estimate of drug-likeness (QED) is 0.139. The predicted molar refractivity (Wildman–Crippen MR) is 119 cm³/mol. The number of thiophene rings is 1. The normalized spacial score (nSPS) is 12.3. The van der Waals surface area contributed by atoms with Crippen LogP contribution in [0.5, 0.6) is 5.75 Å². The van der Waals surface area contributed by atoms with Gasteiger partial charge in [0.05, 0.1) is 4.92 Å². The van der Waals surface area contributed by atoms with Crippen LogP contribution in [0.4, 0.5) is 5.69 Å². The molecule has 0 aliphatic heterocycles. The Morgan fingerprint density at radius 3 is 2.63 bits per heavy atom. The van der Waals surface area contributed by atoms with Gasteiger partial charge in [0.1, 0.15) is 5.75 Å². The van der Waals surface area contributed by atoms with Gasteiger partial charge in [-0.25, -0.2) is 4.79 Å². The lowest BCUT2D eigenvalue weighted by molar-refractivity contribution is -0.384. The van der Waals surface area contributed by atoms with Crippen molar-refractivity contribution in [3.63, 3.8) is 0 Å². The van der Waals surface area contributed by atoms with Crippen molar-refractivity contribution in [2.75, 3.05) is 13.7 Å². The first-order chi connectivity index (χ1) is 14.5. The van der Waals surface area contributed by atoms with E-state index in [2.05, 4.69) is 25.1 Å². The van der Waals surface area contributed by atoms with Crippen LogP contribution in [0, 0.1) is 10.1 Å². The van der Waals surface area contributed by atoms with E-state index in [-0.39, 0.29) is 11.4 Å². The molecule has 0 N–H and O–H groups in total. The van der Waals surface area contributed by atoms with E-state index in [9.17, 15) is 14.9 Å². The minimum Gasteiger partial charge on any atom is -0.423 e. The van der Waals surface area contributed by atoms with Crippen LogP contribution in [0.25, 0.3) is 16.2 Å². The summed E-state index contributed by atoms with van der Waals surface area (Å²) in [5, 5.41) is 11.8. The highest BCUT2D eigenvalue weighted by molar-refractivity contribution is 7.19. The smallest absolute Gasteiger partial charge is 0.336 e. The number of hydrogen-bond acceptors (Lipinski definition) is 6. The topological polar surface area (TPSA) is 78.7 Å². The Hall–Kier alpha value is -3.03. The number of nitrogens with zero attached hydrogens (tertiary/aromatic N) is 1. The van der Waals surface area contributed by atoms with Crippen LogP contribution in [-0.2, 0) is 9.53 Å². The molecular weight excluding hydrogens is 402 g/mol. The lowest BCUT2D eigenvalue weighted by Crippen LogP contribution is -2.03. The van der Waals surface area contributed by atoms with Crippen LogP contribution >= 0.6 is 11.3 Å². The summed E-state index contributed by atoms with van der Waals surface area (Å²) in [6, 6.07) is 13.9. The maximum absolute atomic E-state index is 12.1. The Kier molecular flexibility index (Phi) is 7.32. The van der Waals surface area contributed by atoms with E-state index in [1.54, 1.807) is 24.5 Å². The molecule has 0 aliphatic carbocycles. The van der Waals surface area contributed by atoms with Gasteiger partial charge in [-0.15, -0.1) is 11.3 Å². The molecule has 0 fully saturated rings. The molecule has 156 valence electrons. The van der Waals surface area contributed by atoms with E-state index in [4.69, 9.17) is 9.47 Å². The van der Waals surface area contributed by atoms with Gasteiger partial charge in [-0.2, -0.15) is 0 Å². The van der Waals surface area contributed by atoms with E-state index >= 15 is 0 Å². The minimum absolute atomic E-state index is 0.0532. The molecule has 3 rings (SSSR count). The standard InChI is InChI=1S/C23H23NO5S/c1-3-16(12-13-28-2)17-4-5-18-14-21(30-22(18)15-17)10-11-23(25)29-20-8-6-19(7-9-20)24(26)27/h4-11,14-16H,3,12-13H2,1-2H3/b11-10+. The van der Waals surface area contributed by atoms with Crippen molar-refractivity contribution in [3.05, 3.63) is 75.2 Å². The third kappa shape index (κ3) is 5.52. The van der Waals surface area contributed by atoms with Gasteiger partial charge in [0, 0.05) is 41.5 Å². The predicted octanol–water partition coefficient (Wildman–Crippen LogP) is 5.96. The van der Waals surface area contributed by atoms with Crippen LogP contribution in [-0.4, -0.2) is 24.6 Å². The molecule has 30 heavy (non-hydrogen) atoms. The van der Waals surface area contributed by atoms with E-state index < -0.39 is 10.9 Å². The van der Waals surface area contributed by atoms with E-state index in [1.165, 1.54) is 40.6 Å². The molecule has 0 bridgehead atoms. The average molecular weight is 426 g/mol. The minimum atomic E-state index is -0.535. The van der Waals surface area contributed by atoms with Crippen molar-refractivity contribution in [1.29, 1.82) is 0 Å². The Morgan fingerprint density at radius 1 is 1.20 bits per heavy atom. The van der Waals surface area contributed by atoms with Gasteiger partial charge in [0.15, 0.2) is 0 Å². The largest absolute Gasteiger partial charge is 0.423 e. The number of carbonyl (C=O) groups is 1. The fourth-order valence-corrected chi connectivity index (χ4v) is 4.22. The second-order valence-corrected chi connectivity index (χ2v) is 7.95. The van der Waals surface area contributed by atoms with Gasteiger partial charge in [0.25, 0.3) is 5.69 Å². The number of hydrogen-bond donors (Lipinski definition) is 0. The highest BCUT2D eigenvalue weighted by Gasteiger charge is 2.11. The lowest BCUT2D eigenvalue weighted by Gasteiger charge is -2.14. The number of esters is 1. The Morgan fingerprint density at radius 2 is 1.97 bits per heavy atom. The number of benzene rings is 2. The first-order valence-corrected chi connectivity index (χ1v) is 10.5. The summed E-state index contributed by atoms with van der Waals surface area (Å²) in [7, 11) is 1.72. The molecular formula is C23H23NO5S. The number of nitro groups is 1. The summed E-state index contributed by atoms with van der Waals surface area (Å²) in [4.78, 5) is 23.2. The summed E-state index contributed by atoms with van der Waals surface area (Å²) < 4.78 is 11.6. The van der Waals surface area contributed by atoms with E-state index in [1.807, 2.05) is 6.07 Å². The van der Waals surface area contributed by atoms with Crippen molar-refractivity contribution in [1.82, 2.24) is 0 Å². The molecule has 0 amide bonds. The SMILES string of the molecule is CCC(CCOC)c1ccc2cc(/C=C/C(=O)Oc3ccc([N+](=O)[O-])cc3)sc2c1. The van der Waals surface area contributed by atoms with Gasteiger partial charge >= 0.3 is 5.97 Å². The molecule has 2 aromatic carbocycles. The van der Waals surface area contributed by atoms with Crippen LogP contribution in [0.1, 0.15) is 36.1 Å². The van der Waals surface area contributed by atoms with E-state index in [0.717, 1.165) is 29.7 Å². The monoisotopic (exact) mass is 425 g/mol. The molecule has 6 nitrogen and oxygen atoms in total. The first kappa shape index (κ1) is 21.7. The highest BCUT2D eigenvalue weighted by Crippen LogP contribution is 2.32. The Balaban J connectivity index is 1.68. The molecule has 1 unspecified atom stereocenters. The first-order valence-electron chi connectivity index (χ1n) is 9.67. The molecule has 0 radical (unpaired) electrons. The van der Waals surface area contributed by atoms with Gasteiger partial charge in [-0.3, -0.25) is 10.1 Å². The fraction of sp³-hybridized carbons (Fsp3) is 0.261. The van der Waals surface area contributed by atoms with Crippen molar-refractivity contribution in [2.45, 2.75) is 25.7 Å². The van der Waals surface area contributed by atoms with Crippen LogP contribution < -0.4 is 4.74 Å². The van der Waals surface area contributed by atoms with Gasteiger partial charge < -0.3 is 9.47 Å². The maximum atomic E-state index is 12.1. The number of fused-ring (bicyclic) bond motifs is 1. The summed E-state index contributed by atoms with van der Waals surface area (Å²) in [5.41, 5.74) is 1.25. The number of carbonyl (C=O) groups excluding carboxylic acids is 1. The summed E-state index contributed by atoms with van der Waals surface area (Å²) in [6.45, 7) is 2.93. The molecule has 1 atom stereocenters. The molecule has 3 aromatic rings. The number of ether oxygens (including phenoxy) is 2. The number of methoxy groups -OCH3 is 1. The summed E-state index contributed by atoms with van der Waals surface area (Å²) in [5.74, 6) is 0.192. The van der Waals surface area contributed by atoms with Crippen molar-refractivity contribution >= 4 is 39.2 Å². The molecule has 0 spiro atoms.